The molecule has 0 unspecified atom stereocenters. The number of H-pyrrole nitrogens is 1. The molecule has 0 saturated carbocycles. The molecule has 0 saturated heterocycles. The Labute approximate surface area is 98.2 Å². The standard InChI is InChI=1S/C10H17N3O4/c1-16-4-2-5-17-6-3-13-7-8(11)9(14)12-10(13)15/h7H,2-6,11H2,1H3,(H,12,14,15). The number of anilines is 1. The van der Waals surface area contributed by atoms with Crippen molar-refractivity contribution in [2.45, 2.75) is 13.0 Å². The van der Waals surface area contributed by atoms with Gasteiger partial charge in [0.15, 0.2) is 0 Å². The molecule has 7 nitrogen and oxygen atoms in total. The zero-order valence-electron chi connectivity index (χ0n) is 9.77. The molecule has 7 heteroatoms. The molecule has 0 aromatic carbocycles. The van der Waals surface area contributed by atoms with E-state index in [9.17, 15) is 9.59 Å². The van der Waals surface area contributed by atoms with Crippen molar-refractivity contribution < 1.29 is 9.47 Å². The maximum atomic E-state index is 11.3. The quantitative estimate of drug-likeness (QED) is 0.609. The van der Waals surface area contributed by atoms with Crippen LogP contribution in [-0.4, -0.2) is 36.5 Å². The Hall–Kier alpha value is -1.60. The summed E-state index contributed by atoms with van der Waals surface area (Å²) in [4.78, 5) is 24.5. The number of rotatable bonds is 7. The molecule has 1 rings (SSSR count). The van der Waals surface area contributed by atoms with Crippen LogP contribution in [0.25, 0.3) is 0 Å². The van der Waals surface area contributed by atoms with Crippen LogP contribution in [0.2, 0.25) is 0 Å². The summed E-state index contributed by atoms with van der Waals surface area (Å²) in [7, 11) is 1.63. The summed E-state index contributed by atoms with van der Waals surface area (Å²) in [5, 5.41) is 0. The van der Waals surface area contributed by atoms with Crippen molar-refractivity contribution in [2.75, 3.05) is 32.7 Å². The van der Waals surface area contributed by atoms with Crippen LogP contribution in [-0.2, 0) is 16.0 Å². The van der Waals surface area contributed by atoms with Crippen molar-refractivity contribution in [3.8, 4) is 0 Å². The van der Waals surface area contributed by atoms with E-state index in [0.717, 1.165) is 6.42 Å². The summed E-state index contributed by atoms with van der Waals surface area (Å²) in [5.41, 5.74) is 4.37. The molecule has 3 N–H and O–H groups in total. The van der Waals surface area contributed by atoms with Gasteiger partial charge >= 0.3 is 5.69 Å². The number of nitrogens with zero attached hydrogens (tertiary/aromatic N) is 1. The second-order valence-corrected chi connectivity index (χ2v) is 3.50. The van der Waals surface area contributed by atoms with E-state index in [-0.39, 0.29) is 5.69 Å². The van der Waals surface area contributed by atoms with E-state index >= 15 is 0 Å². The van der Waals surface area contributed by atoms with Crippen molar-refractivity contribution in [2.24, 2.45) is 0 Å². The van der Waals surface area contributed by atoms with Gasteiger partial charge in [-0.05, 0) is 6.42 Å². The van der Waals surface area contributed by atoms with Gasteiger partial charge in [0.25, 0.3) is 5.56 Å². The lowest BCUT2D eigenvalue weighted by Gasteiger charge is -2.06. The topological polar surface area (TPSA) is 99.3 Å². The van der Waals surface area contributed by atoms with Crippen LogP contribution in [0.4, 0.5) is 5.69 Å². The first-order valence-electron chi connectivity index (χ1n) is 5.31. The smallest absolute Gasteiger partial charge is 0.328 e. The lowest BCUT2D eigenvalue weighted by Crippen LogP contribution is -2.32. The second kappa shape index (κ2) is 6.87. The van der Waals surface area contributed by atoms with E-state index in [4.69, 9.17) is 15.2 Å². The molecule has 0 spiro atoms. The SMILES string of the molecule is COCCCOCCn1cc(N)c(=O)[nH]c1=O. The first-order chi connectivity index (χ1) is 8.15. The van der Waals surface area contributed by atoms with Crippen LogP contribution in [0.15, 0.2) is 15.8 Å². The number of hydrogen-bond donors (Lipinski definition) is 2. The van der Waals surface area contributed by atoms with Crippen molar-refractivity contribution in [1.29, 1.82) is 0 Å². The van der Waals surface area contributed by atoms with Gasteiger partial charge in [-0.25, -0.2) is 4.79 Å². The maximum absolute atomic E-state index is 11.3. The van der Waals surface area contributed by atoms with Gasteiger partial charge in [-0.1, -0.05) is 0 Å². The number of nitrogens with two attached hydrogens (primary N) is 1. The van der Waals surface area contributed by atoms with Crippen molar-refractivity contribution >= 4 is 5.69 Å². The molecule has 0 amide bonds. The Morgan fingerprint density at radius 1 is 1.35 bits per heavy atom. The monoisotopic (exact) mass is 243 g/mol. The van der Waals surface area contributed by atoms with Crippen molar-refractivity contribution in [1.82, 2.24) is 9.55 Å². The number of nitrogens with one attached hydrogen (secondary N) is 1. The summed E-state index contributed by atoms with van der Waals surface area (Å²) >= 11 is 0. The molecule has 0 aliphatic rings. The van der Waals surface area contributed by atoms with Gasteiger partial charge in [-0.3, -0.25) is 14.3 Å². The highest BCUT2D eigenvalue weighted by Crippen LogP contribution is 1.89. The zero-order chi connectivity index (χ0) is 12.7. The predicted octanol–water partition coefficient (Wildman–Crippen LogP) is -0.828. The fourth-order valence-corrected chi connectivity index (χ4v) is 1.26. The largest absolute Gasteiger partial charge is 0.393 e. The van der Waals surface area contributed by atoms with Gasteiger partial charge in [-0.15, -0.1) is 0 Å². The van der Waals surface area contributed by atoms with Crippen LogP contribution >= 0.6 is 0 Å². The molecule has 1 aromatic heterocycles. The average Bonchev–Trinajstić information content (AvgIpc) is 2.30. The molecule has 0 aliphatic carbocycles. The van der Waals surface area contributed by atoms with E-state index < -0.39 is 11.2 Å². The van der Waals surface area contributed by atoms with E-state index in [1.54, 1.807) is 7.11 Å². The molecule has 0 fully saturated rings. The van der Waals surface area contributed by atoms with Crippen molar-refractivity contribution in [3.63, 3.8) is 0 Å². The third-order valence-corrected chi connectivity index (χ3v) is 2.15. The lowest BCUT2D eigenvalue weighted by molar-refractivity contribution is 0.0971. The van der Waals surface area contributed by atoms with Gasteiger partial charge in [-0.2, -0.15) is 0 Å². The number of hydrogen-bond acceptors (Lipinski definition) is 5. The van der Waals surface area contributed by atoms with E-state index in [1.165, 1.54) is 10.8 Å². The Morgan fingerprint density at radius 3 is 2.82 bits per heavy atom. The molecule has 0 radical (unpaired) electrons. The minimum atomic E-state index is -0.563. The molecule has 1 heterocycles. The van der Waals surface area contributed by atoms with E-state index in [0.29, 0.717) is 26.4 Å². The minimum absolute atomic E-state index is 0.0176. The first kappa shape index (κ1) is 13.5. The third kappa shape index (κ3) is 4.41. The van der Waals surface area contributed by atoms with E-state index in [2.05, 4.69) is 4.98 Å². The normalized spacial score (nSPS) is 10.6. The van der Waals surface area contributed by atoms with Gasteiger partial charge in [0.2, 0.25) is 0 Å². The molecule has 1 aromatic rings. The molecule has 0 atom stereocenters. The van der Waals surface area contributed by atoms with Crippen molar-refractivity contribution in [3.05, 3.63) is 27.0 Å². The number of aromatic amines is 1. The average molecular weight is 243 g/mol. The van der Waals surface area contributed by atoms with Gasteiger partial charge in [0.1, 0.15) is 5.69 Å². The fraction of sp³-hybridized carbons (Fsp3) is 0.600. The molecule has 17 heavy (non-hydrogen) atoms. The highest BCUT2D eigenvalue weighted by molar-refractivity contribution is 5.30. The highest BCUT2D eigenvalue weighted by atomic mass is 16.5. The summed E-state index contributed by atoms with van der Waals surface area (Å²) in [6.07, 6.45) is 2.12. The molecule has 96 valence electrons. The van der Waals surface area contributed by atoms with Crippen LogP contribution in [0, 0.1) is 0 Å². The maximum Gasteiger partial charge on any atom is 0.328 e. The summed E-state index contributed by atoms with van der Waals surface area (Å²) in [5.74, 6) is 0. The Morgan fingerprint density at radius 2 is 2.12 bits per heavy atom. The fourth-order valence-electron chi connectivity index (χ4n) is 1.26. The van der Waals surface area contributed by atoms with Gasteiger partial charge in [0, 0.05) is 26.5 Å². The molecular weight excluding hydrogens is 226 g/mol. The van der Waals surface area contributed by atoms with Crippen LogP contribution in [0.3, 0.4) is 0 Å². The lowest BCUT2D eigenvalue weighted by atomic mass is 10.5. The van der Waals surface area contributed by atoms with Crippen LogP contribution in [0.5, 0.6) is 0 Å². The first-order valence-corrected chi connectivity index (χ1v) is 5.31. The summed E-state index contributed by atoms with van der Waals surface area (Å²) in [6, 6.07) is 0. The Balaban J connectivity index is 2.39. The Kier molecular flexibility index (Phi) is 5.44. The third-order valence-electron chi connectivity index (χ3n) is 2.15. The predicted molar refractivity (Wildman–Crippen MR) is 63.0 cm³/mol. The van der Waals surface area contributed by atoms with Crippen LogP contribution in [0.1, 0.15) is 6.42 Å². The minimum Gasteiger partial charge on any atom is -0.393 e. The highest BCUT2D eigenvalue weighted by Gasteiger charge is 2.00. The summed E-state index contributed by atoms with van der Waals surface area (Å²) in [6.45, 7) is 1.95. The molecule has 0 bridgehead atoms. The zero-order valence-corrected chi connectivity index (χ0v) is 9.77. The Bertz CT molecular complexity index is 452. The summed E-state index contributed by atoms with van der Waals surface area (Å²) < 4.78 is 11.5. The van der Waals surface area contributed by atoms with E-state index in [1.807, 2.05) is 0 Å². The van der Waals surface area contributed by atoms with Gasteiger partial charge < -0.3 is 15.2 Å². The number of aromatic nitrogens is 2. The van der Waals surface area contributed by atoms with Gasteiger partial charge in [0.05, 0.1) is 13.2 Å². The molecular formula is C10H17N3O4. The number of ether oxygens (including phenoxy) is 2. The molecule has 0 aliphatic heterocycles. The van der Waals surface area contributed by atoms with Crippen LogP contribution < -0.4 is 17.0 Å². The second-order valence-electron chi connectivity index (χ2n) is 3.50. The number of nitrogen functional groups attached to an aromatic ring is 1. The number of methoxy groups -OCH3 is 1.